The number of amides is 2. The lowest BCUT2D eigenvalue weighted by Gasteiger charge is -2.32. The highest BCUT2D eigenvalue weighted by molar-refractivity contribution is 6.71. The van der Waals surface area contributed by atoms with Gasteiger partial charge in [-0.15, -0.1) is 5.10 Å². The van der Waals surface area contributed by atoms with Gasteiger partial charge in [0.2, 0.25) is 5.91 Å². The zero-order valence-electron chi connectivity index (χ0n) is 29.8. The summed E-state index contributed by atoms with van der Waals surface area (Å²) in [6.45, 7) is 7.37. The van der Waals surface area contributed by atoms with Crippen molar-refractivity contribution in [1.29, 1.82) is 0 Å². The second-order valence-corrected chi connectivity index (χ2v) is 19.0. The van der Waals surface area contributed by atoms with Gasteiger partial charge in [-0.05, 0) is 61.7 Å². The SMILES string of the molecule is C[C@H]1[C@H]([Si](C)(C)O)[C@@H](CCn2cc(C(CO)c3ccccc3)nn2)O[C@]12C(=O)N(Cc1cccc(N3CCCCCCC3=O)c1)c1ccccc12. The summed E-state index contributed by atoms with van der Waals surface area (Å²) in [6.07, 6.45) is 6.68. The molecule has 5 atom stereocenters. The molecule has 7 rings (SSSR count). The van der Waals surface area contributed by atoms with Crippen molar-refractivity contribution in [2.75, 3.05) is 23.0 Å². The van der Waals surface area contributed by atoms with Crippen LogP contribution in [0.2, 0.25) is 18.6 Å². The summed E-state index contributed by atoms with van der Waals surface area (Å²) in [5.41, 5.74) is 3.66. The molecule has 3 aliphatic heterocycles. The Bertz CT molecular complexity index is 1860. The first-order chi connectivity index (χ1) is 24.6. The minimum absolute atomic E-state index is 0.0838. The van der Waals surface area contributed by atoms with Gasteiger partial charge in [0, 0.05) is 48.4 Å². The number of aryl methyl sites for hydroxylation is 1. The number of hydrogen-bond donors (Lipinski definition) is 2. The van der Waals surface area contributed by atoms with Gasteiger partial charge in [-0.1, -0.05) is 85.6 Å². The maximum atomic E-state index is 14.9. The first-order valence-corrected chi connectivity index (χ1v) is 21.4. The van der Waals surface area contributed by atoms with Gasteiger partial charge in [-0.25, -0.2) is 0 Å². The Kier molecular flexibility index (Phi) is 9.99. The van der Waals surface area contributed by atoms with Gasteiger partial charge in [-0.2, -0.15) is 0 Å². The molecule has 4 aromatic rings. The van der Waals surface area contributed by atoms with Crippen LogP contribution < -0.4 is 9.80 Å². The van der Waals surface area contributed by atoms with Gasteiger partial charge in [0.15, 0.2) is 13.9 Å². The number of benzene rings is 3. The second kappa shape index (κ2) is 14.5. The summed E-state index contributed by atoms with van der Waals surface area (Å²) in [7, 11) is -2.84. The molecule has 11 heteroatoms. The summed E-state index contributed by atoms with van der Waals surface area (Å²) in [6, 6.07) is 25.7. The van der Waals surface area contributed by atoms with Crippen molar-refractivity contribution in [3.05, 3.63) is 107 Å². The van der Waals surface area contributed by atoms with Crippen LogP contribution in [0.15, 0.2) is 85.1 Å². The number of carbonyl (C=O) groups is 2. The number of carbonyl (C=O) groups excluding carboxylic acids is 2. The third kappa shape index (κ3) is 6.68. The van der Waals surface area contributed by atoms with E-state index in [1.54, 1.807) is 4.68 Å². The molecule has 2 amide bonds. The monoisotopic (exact) mass is 707 g/mol. The molecule has 0 radical (unpaired) electrons. The number of ether oxygens (including phenoxy) is 1. The average Bonchev–Trinajstić information content (AvgIpc) is 3.77. The molecule has 0 bridgehead atoms. The van der Waals surface area contributed by atoms with E-state index in [1.165, 1.54) is 0 Å². The number of aliphatic hydroxyl groups excluding tert-OH is 1. The smallest absolute Gasteiger partial charge is 0.264 e. The molecule has 4 heterocycles. The van der Waals surface area contributed by atoms with Crippen LogP contribution in [0.3, 0.4) is 0 Å². The van der Waals surface area contributed by atoms with Gasteiger partial charge in [-0.3, -0.25) is 14.3 Å². The maximum absolute atomic E-state index is 14.9. The molecule has 1 spiro atoms. The standard InChI is InChI=1S/C40H49N5O5Si/c1-28-38(51(2,3)49)36(21-23-43-26-34(41-42-43)32(27-46)30-15-7-6-8-16-30)50-40(28)33-18-10-11-19-35(33)45(39(40)48)25-29-14-13-17-31(24-29)44-22-12-5-4-9-20-37(44)47/h6-8,10-11,13-19,24,26,28,32,36,38,46,49H,4-5,9,12,20-23,25,27H2,1-3H3/t28-,32?,36+,38-,40+/m0/s1. The highest BCUT2D eigenvalue weighted by Crippen LogP contribution is 2.59. The second-order valence-electron chi connectivity index (χ2n) is 15.0. The first-order valence-electron chi connectivity index (χ1n) is 18.4. The van der Waals surface area contributed by atoms with Gasteiger partial charge in [0.25, 0.3) is 5.91 Å². The number of anilines is 2. The topological polar surface area (TPSA) is 121 Å². The van der Waals surface area contributed by atoms with E-state index in [2.05, 4.69) is 17.2 Å². The highest BCUT2D eigenvalue weighted by atomic mass is 28.4. The molecule has 0 saturated carbocycles. The van der Waals surface area contributed by atoms with Crippen molar-refractivity contribution in [3.8, 4) is 0 Å². The van der Waals surface area contributed by atoms with Crippen LogP contribution in [0.5, 0.6) is 0 Å². The Balaban J connectivity index is 1.14. The summed E-state index contributed by atoms with van der Waals surface area (Å²) in [5.74, 6) is -0.524. The molecule has 0 aliphatic carbocycles. The van der Waals surface area contributed by atoms with E-state index in [4.69, 9.17) is 4.74 Å². The quantitative estimate of drug-likeness (QED) is 0.190. The largest absolute Gasteiger partial charge is 0.432 e. The Hall–Kier alpha value is -4.16. The minimum atomic E-state index is -2.84. The van der Waals surface area contributed by atoms with Crippen LogP contribution in [0.4, 0.5) is 11.4 Å². The summed E-state index contributed by atoms with van der Waals surface area (Å²) in [4.78, 5) is 43.4. The summed E-state index contributed by atoms with van der Waals surface area (Å²) < 4.78 is 8.79. The Labute approximate surface area is 301 Å². The number of para-hydroxylation sites is 1. The van der Waals surface area contributed by atoms with Gasteiger partial charge >= 0.3 is 0 Å². The lowest BCUT2D eigenvalue weighted by molar-refractivity contribution is -0.146. The lowest BCUT2D eigenvalue weighted by atomic mass is 9.82. The number of hydrogen-bond acceptors (Lipinski definition) is 7. The van der Waals surface area contributed by atoms with Crippen molar-refractivity contribution in [3.63, 3.8) is 0 Å². The zero-order valence-corrected chi connectivity index (χ0v) is 30.8. The predicted molar refractivity (Wildman–Crippen MR) is 199 cm³/mol. The van der Waals surface area contributed by atoms with E-state index < -0.39 is 13.9 Å². The van der Waals surface area contributed by atoms with Gasteiger partial charge in [0.05, 0.1) is 36.6 Å². The summed E-state index contributed by atoms with van der Waals surface area (Å²) in [5, 5.41) is 18.9. The highest BCUT2D eigenvalue weighted by Gasteiger charge is 2.66. The van der Waals surface area contributed by atoms with Crippen LogP contribution in [-0.4, -0.2) is 64.3 Å². The first kappa shape index (κ1) is 35.2. The maximum Gasteiger partial charge on any atom is 0.264 e. The number of fused-ring (bicyclic) bond motifs is 2. The van der Waals surface area contributed by atoms with Crippen molar-refractivity contribution >= 4 is 31.5 Å². The number of aliphatic hydroxyl groups is 1. The van der Waals surface area contributed by atoms with E-state index in [-0.39, 0.29) is 41.9 Å². The Morgan fingerprint density at radius 1 is 0.980 bits per heavy atom. The summed E-state index contributed by atoms with van der Waals surface area (Å²) >= 11 is 0. The average molecular weight is 708 g/mol. The van der Waals surface area contributed by atoms with Crippen molar-refractivity contribution < 1.29 is 24.2 Å². The Morgan fingerprint density at radius 3 is 2.53 bits per heavy atom. The number of rotatable bonds is 10. The predicted octanol–water partition coefficient (Wildman–Crippen LogP) is 6.13. The number of aromatic nitrogens is 3. The molecule has 2 saturated heterocycles. The van der Waals surface area contributed by atoms with Crippen molar-refractivity contribution in [2.24, 2.45) is 5.92 Å². The van der Waals surface area contributed by atoms with E-state index in [9.17, 15) is 19.5 Å². The van der Waals surface area contributed by atoms with E-state index in [0.29, 0.717) is 38.2 Å². The molecular formula is C40H49N5O5Si. The molecule has 1 aromatic heterocycles. The molecule has 3 aromatic carbocycles. The van der Waals surface area contributed by atoms with Gasteiger partial charge in [0.1, 0.15) is 0 Å². The molecule has 51 heavy (non-hydrogen) atoms. The van der Waals surface area contributed by atoms with E-state index >= 15 is 0 Å². The van der Waals surface area contributed by atoms with Crippen LogP contribution in [-0.2, 0) is 33.0 Å². The fourth-order valence-electron chi connectivity index (χ4n) is 8.79. The fourth-order valence-corrected chi connectivity index (χ4v) is 11.4. The van der Waals surface area contributed by atoms with Crippen LogP contribution in [0.25, 0.3) is 0 Å². The number of nitrogens with zero attached hydrogens (tertiary/aromatic N) is 5. The third-order valence-electron chi connectivity index (χ3n) is 11.2. The molecule has 3 aliphatic rings. The normalized spacial score (nSPS) is 24.5. The van der Waals surface area contributed by atoms with Crippen molar-refractivity contribution in [2.45, 2.75) is 94.8 Å². The van der Waals surface area contributed by atoms with Gasteiger partial charge < -0.3 is 24.4 Å². The lowest BCUT2D eigenvalue weighted by Crippen LogP contribution is -2.46. The molecule has 1 unspecified atom stereocenters. The molecule has 268 valence electrons. The van der Waals surface area contributed by atoms with E-state index in [0.717, 1.165) is 53.7 Å². The third-order valence-corrected chi connectivity index (χ3v) is 13.7. The van der Waals surface area contributed by atoms with Crippen LogP contribution >= 0.6 is 0 Å². The van der Waals surface area contributed by atoms with Crippen molar-refractivity contribution in [1.82, 2.24) is 15.0 Å². The minimum Gasteiger partial charge on any atom is -0.432 e. The Morgan fingerprint density at radius 2 is 1.75 bits per heavy atom. The molecule has 2 N–H and O–H groups in total. The van der Waals surface area contributed by atoms with E-state index in [1.807, 2.05) is 108 Å². The fraction of sp³-hybridized carbons (Fsp3) is 0.450. The molecular weight excluding hydrogens is 659 g/mol. The van der Waals surface area contributed by atoms with Crippen LogP contribution in [0.1, 0.15) is 73.8 Å². The zero-order chi connectivity index (χ0) is 35.8. The molecule has 2 fully saturated rings. The van der Waals surface area contributed by atoms with Crippen LogP contribution in [0, 0.1) is 5.92 Å². The molecule has 10 nitrogen and oxygen atoms in total.